The van der Waals surface area contributed by atoms with Crippen LogP contribution in [0.3, 0.4) is 0 Å². The number of allylic oxidation sites excluding steroid dienone is 1. The molecule has 2 atom stereocenters. The molecule has 0 heterocycles. The number of hydrogen-bond donors (Lipinski definition) is 1. The van der Waals surface area contributed by atoms with E-state index in [4.69, 9.17) is 4.74 Å². The van der Waals surface area contributed by atoms with Gasteiger partial charge in [0.15, 0.2) is 5.78 Å². The highest BCUT2D eigenvalue weighted by molar-refractivity contribution is 5.97. The Hall–Kier alpha value is -1.65. The molecule has 0 saturated heterocycles. The van der Waals surface area contributed by atoms with Gasteiger partial charge in [-0.2, -0.15) is 0 Å². The van der Waals surface area contributed by atoms with Crippen molar-refractivity contribution in [1.82, 2.24) is 5.32 Å². The monoisotopic (exact) mass is 433 g/mol. The number of alkyl carbamates (subject to hydrolysis) is 1. The lowest BCUT2D eigenvalue weighted by atomic mass is 9.68. The van der Waals surface area contributed by atoms with E-state index >= 15 is 0 Å². The van der Waals surface area contributed by atoms with Crippen LogP contribution < -0.4 is 5.32 Å². The average Bonchev–Trinajstić information content (AvgIpc) is 2.63. The van der Waals surface area contributed by atoms with E-state index in [1.165, 1.54) is 0 Å². The summed E-state index contributed by atoms with van der Waals surface area (Å²) in [7, 11) is 0. The summed E-state index contributed by atoms with van der Waals surface area (Å²) in [5.74, 6) is 0.462. The summed E-state index contributed by atoms with van der Waals surface area (Å²) in [5, 5.41) is 2.89. The van der Waals surface area contributed by atoms with Gasteiger partial charge in [-0.1, -0.05) is 47.1 Å². The summed E-state index contributed by atoms with van der Waals surface area (Å²) >= 11 is 0. The number of nitrogens with one attached hydrogen (secondary N) is 1. The molecule has 0 bridgehead atoms. The third kappa shape index (κ3) is 8.08. The third-order valence-corrected chi connectivity index (χ3v) is 6.92. The van der Waals surface area contributed by atoms with Gasteiger partial charge in [-0.15, -0.1) is 0 Å². The van der Waals surface area contributed by atoms with Crippen molar-refractivity contribution in [3.63, 3.8) is 0 Å². The topological polar surface area (TPSA) is 72.5 Å². The van der Waals surface area contributed by atoms with E-state index in [0.717, 1.165) is 44.1 Å². The van der Waals surface area contributed by atoms with Gasteiger partial charge < -0.3 is 10.1 Å². The fourth-order valence-corrected chi connectivity index (χ4v) is 5.09. The van der Waals surface area contributed by atoms with E-state index in [0.29, 0.717) is 13.0 Å². The zero-order valence-corrected chi connectivity index (χ0v) is 20.7. The van der Waals surface area contributed by atoms with Crippen molar-refractivity contribution in [3.8, 4) is 0 Å². The van der Waals surface area contributed by atoms with Gasteiger partial charge in [0.05, 0.1) is 12.6 Å². The van der Waals surface area contributed by atoms with E-state index in [-0.39, 0.29) is 40.2 Å². The van der Waals surface area contributed by atoms with Crippen LogP contribution in [0, 0.1) is 28.6 Å². The van der Waals surface area contributed by atoms with Crippen LogP contribution in [0.15, 0.2) is 11.6 Å². The number of amides is 1. The zero-order valence-electron chi connectivity index (χ0n) is 20.7. The van der Waals surface area contributed by atoms with Crippen molar-refractivity contribution >= 4 is 17.7 Å². The standard InChI is InChI=1S/C26H43NO4/c1-17(2)16-31-24(30)27-23(20-8-10-25(4,5)11-9-20)22(29)13-19-12-21(18(3)28)15-26(6,7)14-19/h13,17,20-21,23H,8-12,14-16H2,1-7H3,(H,27,30)/b19-13-/t21-,23-/m0/s1. The molecule has 0 radical (unpaired) electrons. The summed E-state index contributed by atoms with van der Waals surface area (Å²) in [5.41, 5.74) is 1.30. The number of ketones is 2. The molecular weight excluding hydrogens is 390 g/mol. The van der Waals surface area contributed by atoms with Gasteiger partial charge >= 0.3 is 6.09 Å². The van der Waals surface area contributed by atoms with Crippen LogP contribution >= 0.6 is 0 Å². The molecule has 2 aliphatic rings. The molecule has 1 amide bonds. The summed E-state index contributed by atoms with van der Waals surface area (Å²) < 4.78 is 5.32. The number of ether oxygens (including phenoxy) is 1. The molecule has 5 heteroatoms. The van der Waals surface area contributed by atoms with E-state index < -0.39 is 12.1 Å². The number of carbonyl (C=O) groups excluding carboxylic acids is 3. The quantitative estimate of drug-likeness (QED) is 0.510. The largest absolute Gasteiger partial charge is 0.449 e. The SMILES string of the molecule is CC(=O)[C@H]1C/C(=C/C(=O)[C@@H](NC(=O)OCC(C)C)C2CCC(C)(C)CC2)CC(C)(C)C1. The molecule has 2 aliphatic carbocycles. The predicted molar refractivity (Wildman–Crippen MR) is 124 cm³/mol. The normalized spacial score (nSPS) is 25.8. The van der Waals surface area contributed by atoms with Gasteiger partial charge in [0.25, 0.3) is 0 Å². The molecule has 2 fully saturated rings. The lowest BCUT2D eigenvalue weighted by Crippen LogP contribution is -2.47. The van der Waals surface area contributed by atoms with Gasteiger partial charge in [0, 0.05) is 5.92 Å². The zero-order chi connectivity index (χ0) is 23.4. The molecule has 0 aromatic carbocycles. The van der Waals surface area contributed by atoms with E-state index in [1.54, 1.807) is 13.0 Å². The van der Waals surface area contributed by atoms with Crippen molar-refractivity contribution in [2.45, 2.75) is 99.5 Å². The van der Waals surface area contributed by atoms with Crippen LogP contribution in [0.4, 0.5) is 4.79 Å². The maximum Gasteiger partial charge on any atom is 0.407 e. The molecule has 0 aromatic heterocycles. The Labute approximate surface area is 188 Å². The van der Waals surface area contributed by atoms with Crippen LogP contribution in [0.25, 0.3) is 0 Å². The summed E-state index contributed by atoms with van der Waals surface area (Å²) in [6.07, 6.45) is 7.44. The van der Waals surface area contributed by atoms with Gasteiger partial charge in [-0.25, -0.2) is 4.79 Å². The fourth-order valence-electron chi connectivity index (χ4n) is 5.09. The maximum atomic E-state index is 13.4. The highest BCUT2D eigenvalue weighted by Crippen LogP contribution is 2.43. The third-order valence-electron chi connectivity index (χ3n) is 6.92. The van der Waals surface area contributed by atoms with Gasteiger partial charge in [-0.05, 0) is 80.6 Å². The number of carbonyl (C=O) groups is 3. The van der Waals surface area contributed by atoms with Crippen molar-refractivity contribution in [3.05, 3.63) is 11.6 Å². The van der Waals surface area contributed by atoms with Gasteiger partial charge in [0.1, 0.15) is 5.78 Å². The predicted octanol–water partition coefficient (Wildman–Crippen LogP) is 5.86. The highest BCUT2D eigenvalue weighted by Gasteiger charge is 2.37. The molecule has 2 rings (SSSR count). The first-order valence-corrected chi connectivity index (χ1v) is 11.9. The molecule has 0 unspecified atom stereocenters. The van der Waals surface area contributed by atoms with Gasteiger partial charge in [-0.3, -0.25) is 9.59 Å². The van der Waals surface area contributed by atoms with E-state index in [2.05, 4.69) is 33.0 Å². The molecule has 0 spiro atoms. The molecular formula is C26H43NO4. The fraction of sp³-hybridized carbons (Fsp3) is 0.808. The second-order valence-corrected chi connectivity index (χ2v) is 11.9. The Kier molecular flexibility index (Phi) is 8.52. The lowest BCUT2D eigenvalue weighted by Gasteiger charge is -2.38. The lowest BCUT2D eigenvalue weighted by molar-refractivity contribution is -0.122. The number of Topliss-reactive ketones (excluding diaryl/α,β-unsaturated/α-hetero) is 1. The van der Waals surface area contributed by atoms with Crippen molar-refractivity contribution < 1.29 is 19.1 Å². The number of hydrogen-bond acceptors (Lipinski definition) is 4. The minimum absolute atomic E-state index is 0.00528. The smallest absolute Gasteiger partial charge is 0.407 e. The van der Waals surface area contributed by atoms with E-state index in [1.807, 2.05) is 13.8 Å². The molecule has 0 aliphatic heterocycles. The Morgan fingerprint density at radius 3 is 2.26 bits per heavy atom. The maximum absolute atomic E-state index is 13.4. The minimum Gasteiger partial charge on any atom is -0.449 e. The summed E-state index contributed by atoms with van der Waals surface area (Å²) in [6, 6.07) is -0.566. The van der Waals surface area contributed by atoms with Crippen LogP contribution in [0.1, 0.15) is 93.4 Å². The van der Waals surface area contributed by atoms with Crippen molar-refractivity contribution in [2.24, 2.45) is 28.6 Å². The highest BCUT2D eigenvalue weighted by atomic mass is 16.5. The average molecular weight is 434 g/mol. The second kappa shape index (κ2) is 10.3. The Morgan fingerprint density at radius 2 is 1.71 bits per heavy atom. The van der Waals surface area contributed by atoms with Crippen LogP contribution in [-0.2, 0) is 14.3 Å². The summed E-state index contributed by atoms with van der Waals surface area (Å²) in [6.45, 7) is 14.8. The molecule has 31 heavy (non-hydrogen) atoms. The second-order valence-electron chi connectivity index (χ2n) is 11.9. The molecule has 1 N–H and O–H groups in total. The Bertz CT molecular complexity index is 694. The number of rotatable bonds is 7. The van der Waals surface area contributed by atoms with Crippen molar-refractivity contribution in [2.75, 3.05) is 6.61 Å². The van der Waals surface area contributed by atoms with Gasteiger partial charge in [0.2, 0.25) is 0 Å². The van der Waals surface area contributed by atoms with Crippen molar-refractivity contribution in [1.29, 1.82) is 0 Å². The molecule has 2 saturated carbocycles. The molecule has 0 aromatic rings. The first-order valence-electron chi connectivity index (χ1n) is 11.9. The van der Waals surface area contributed by atoms with Crippen LogP contribution in [-0.4, -0.2) is 30.3 Å². The molecule has 5 nitrogen and oxygen atoms in total. The Balaban J connectivity index is 2.19. The molecule has 176 valence electrons. The van der Waals surface area contributed by atoms with Crippen LogP contribution in [0.5, 0.6) is 0 Å². The van der Waals surface area contributed by atoms with E-state index in [9.17, 15) is 14.4 Å². The first-order chi connectivity index (χ1) is 14.3. The summed E-state index contributed by atoms with van der Waals surface area (Å²) in [4.78, 5) is 37.9. The Morgan fingerprint density at radius 1 is 1.10 bits per heavy atom. The van der Waals surface area contributed by atoms with Crippen LogP contribution in [0.2, 0.25) is 0 Å². The minimum atomic E-state index is -0.566. The first kappa shape index (κ1) is 25.6.